The Labute approximate surface area is 178 Å². The molecule has 4 rings (SSSR count). The van der Waals surface area contributed by atoms with E-state index in [0.29, 0.717) is 16.5 Å². The Bertz CT molecular complexity index is 1310. The van der Waals surface area contributed by atoms with Crippen molar-refractivity contribution in [2.75, 3.05) is 5.32 Å². The van der Waals surface area contributed by atoms with Crippen LogP contribution in [0.5, 0.6) is 0 Å². The van der Waals surface area contributed by atoms with Gasteiger partial charge in [-0.1, -0.05) is 60.7 Å². The fourth-order valence-corrected chi connectivity index (χ4v) is 3.36. The number of amides is 2. The molecule has 0 atom stereocenters. The first-order valence-corrected chi connectivity index (χ1v) is 9.73. The van der Waals surface area contributed by atoms with Gasteiger partial charge in [0.1, 0.15) is 0 Å². The van der Waals surface area contributed by atoms with Crippen molar-refractivity contribution < 1.29 is 9.59 Å². The minimum Gasteiger partial charge on any atom is -0.369 e. The highest BCUT2D eigenvalue weighted by molar-refractivity contribution is 6.11. The summed E-state index contributed by atoms with van der Waals surface area (Å²) in [5, 5.41) is 8.10. The number of fused-ring (bicyclic) bond motifs is 1. The molecular weight excluding hydrogens is 392 g/mol. The smallest absolute Gasteiger partial charge is 0.276 e. The summed E-state index contributed by atoms with van der Waals surface area (Å²) in [5.41, 5.74) is 7.32. The number of carbonyl (C=O) groups is 2. The molecule has 0 fully saturated rings. The molecule has 154 valence electrons. The molecule has 3 aromatic carbocycles. The van der Waals surface area contributed by atoms with Gasteiger partial charge < -0.3 is 11.1 Å². The van der Waals surface area contributed by atoms with E-state index < -0.39 is 11.8 Å². The number of carbonyl (C=O) groups excluding carboxylic acids is 2. The van der Waals surface area contributed by atoms with Crippen molar-refractivity contribution in [3.8, 4) is 0 Å². The van der Waals surface area contributed by atoms with Gasteiger partial charge in [0.2, 0.25) is 5.91 Å². The lowest BCUT2D eigenvalue weighted by molar-refractivity contribution is -0.117. The van der Waals surface area contributed by atoms with Gasteiger partial charge in [0.15, 0.2) is 5.69 Å². The monoisotopic (exact) mass is 412 g/mol. The highest BCUT2D eigenvalue weighted by Gasteiger charge is 2.17. The molecule has 7 heteroatoms. The Morgan fingerprint density at radius 1 is 0.839 bits per heavy atom. The summed E-state index contributed by atoms with van der Waals surface area (Å²) in [6.07, 6.45) is 0.130. The maximum absolute atomic E-state index is 13.0. The van der Waals surface area contributed by atoms with Gasteiger partial charge in [0.25, 0.3) is 11.5 Å². The number of aromatic nitrogens is 2. The summed E-state index contributed by atoms with van der Waals surface area (Å²) in [5.74, 6) is -0.853. The Morgan fingerprint density at radius 2 is 1.48 bits per heavy atom. The van der Waals surface area contributed by atoms with E-state index in [1.54, 1.807) is 48.5 Å². The average molecular weight is 412 g/mol. The van der Waals surface area contributed by atoms with Crippen LogP contribution in [0.2, 0.25) is 0 Å². The molecule has 3 N–H and O–H groups in total. The molecule has 31 heavy (non-hydrogen) atoms. The molecule has 1 aromatic heterocycles. The van der Waals surface area contributed by atoms with Gasteiger partial charge in [0, 0.05) is 11.1 Å². The molecule has 0 spiro atoms. The molecule has 4 aromatic rings. The topological polar surface area (TPSA) is 107 Å². The zero-order valence-electron chi connectivity index (χ0n) is 16.6. The number of hydrogen-bond acceptors (Lipinski definition) is 4. The third-order valence-electron chi connectivity index (χ3n) is 4.85. The fourth-order valence-electron chi connectivity index (χ4n) is 3.36. The van der Waals surface area contributed by atoms with Crippen molar-refractivity contribution >= 4 is 28.3 Å². The van der Waals surface area contributed by atoms with Gasteiger partial charge in [0.05, 0.1) is 18.4 Å². The van der Waals surface area contributed by atoms with E-state index in [1.165, 1.54) is 4.68 Å². The van der Waals surface area contributed by atoms with Gasteiger partial charge in [-0.3, -0.25) is 14.4 Å². The summed E-state index contributed by atoms with van der Waals surface area (Å²) in [7, 11) is 0. The average Bonchev–Trinajstić information content (AvgIpc) is 2.77. The molecule has 0 bridgehead atoms. The van der Waals surface area contributed by atoms with Crippen molar-refractivity contribution in [3.05, 3.63) is 106 Å². The standard InChI is InChI=1S/C24H20N4O3/c25-21(29)14-16-10-12-18(13-11-16)26-23(30)22-19-8-4-5-9-20(19)24(31)28(27-22)15-17-6-2-1-3-7-17/h1-13H,14-15H2,(H2,25,29)(H,26,30). The summed E-state index contributed by atoms with van der Waals surface area (Å²) >= 11 is 0. The van der Waals surface area contributed by atoms with Crippen LogP contribution in [0.4, 0.5) is 5.69 Å². The largest absolute Gasteiger partial charge is 0.369 e. The first-order valence-electron chi connectivity index (χ1n) is 9.73. The van der Waals surface area contributed by atoms with E-state index in [9.17, 15) is 14.4 Å². The number of nitrogens with one attached hydrogen (secondary N) is 1. The first-order chi connectivity index (χ1) is 15.0. The molecule has 0 aliphatic carbocycles. The van der Waals surface area contributed by atoms with Gasteiger partial charge in [-0.2, -0.15) is 5.10 Å². The zero-order chi connectivity index (χ0) is 21.8. The molecule has 0 unspecified atom stereocenters. The van der Waals surface area contributed by atoms with Crippen molar-refractivity contribution in [2.45, 2.75) is 13.0 Å². The number of primary amides is 1. The fraction of sp³-hybridized carbons (Fsp3) is 0.0833. The lowest BCUT2D eigenvalue weighted by atomic mass is 10.1. The Kier molecular flexibility index (Phi) is 5.57. The molecule has 7 nitrogen and oxygen atoms in total. The van der Waals surface area contributed by atoms with Crippen LogP contribution in [0.15, 0.2) is 83.7 Å². The van der Waals surface area contributed by atoms with Crippen molar-refractivity contribution in [2.24, 2.45) is 5.73 Å². The van der Waals surface area contributed by atoms with Crippen LogP contribution in [0.25, 0.3) is 10.8 Å². The van der Waals surface area contributed by atoms with Crippen LogP contribution in [-0.2, 0) is 17.8 Å². The van der Waals surface area contributed by atoms with Crippen LogP contribution in [0.1, 0.15) is 21.6 Å². The van der Waals surface area contributed by atoms with Gasteiger partial charge >= 0.3 is 0 Å². The highest BCUT2D eigenvalue weighted by atomic mass is 16.2. The van der Waals surface area contributed by atoms with Crippen molar-refractivity contribution in [1.82, 2.24) is 9.78 Å². The van der Waals surface area contributed by atoms with Crippen LogP contribution < -0.4 is 16.6 Å². The van der Waals surface area contributed by atoms with Crippen molar-refractivity contribution in [3.63, 3.8) is 0 Å². The second-order valence-electron chi connectivity index (χ2n) is 7.14. The molecular formula is C24H20N4O3. The molecule has 0 aliphatic rings. The Hall–Kier alpha value is -4.26. The first kappa shape index (κ1) is 20.0. The van der Waals surface area contributed by atoms with E-state index in [2.05, 4.69) is 10.4 Å². The third-order valence-corrected chi connectivity index (χ3v) is 4.85. The molecule has 2 amide bonds. The number of nitrogens with zero attached hydrogens (tertiary/aromatic N) is 2. The highest BCUT2D eigenvalue weighted by Crippen LogP contribution is 2.17. The second-order valence-corrected chi connectivity index (χ2v) is 7.14. The lowest BCUT2D eigenvalue weighted by Gasteiger charge is -2.12. The molecule has 0 radical (unpaired) electrons. The van der Waals surface area contributed by atoms with Crippen LogP contribution in [0, 0.1) is 0 Å². The second kappa shape index (κ2) is 8.62. The molecule has 0 aliphatic heterocycles. The molecule has 1 heterocycles. The molecule has 0 saturated heterocycles. The maximum atomic E-state index is 13.0. The summed E-state index contributed by atoms with van der Waals surface area (Å²) in [6, 6.07) is 23.2. The number of anilines is 1. The maximum Gasteiger partial charge on any atom is 0.276 e. The molecule has 0 saturated carbocycles. The minimum atomic E-state index is -0.430. The van der Waals surface area contributed by atoms with Gasteiger partial charge in [-0.15, -0.1) is 0 Å². The van der Waals surface area contributed by atoms with E-state index in [4.69, 9.17) is 5.73 Å². The number of benzene rings is 3. The van der Waals surface area contributed by atoms with Gasteiger partial charge in [-0.05, 0) is 29.3 Å². The minimum absolute atomic E-state index is 0.130. The van der Waals surface area contributed by atoms with E-state index in [-0.39, 0.29) is 24.2 Å². The van der Waals surface area contributed by atoms with Crippen LogP contribution >= 0.6 is 0 Å². The quantitative estimate of drug-likeness (QED) is 0.508. The predicted molar refractivity (Wildman–Crippen MR) is 119 cm³/mol. The lowest BCUT2D eigenvalue weighted by Crippen LogP contribution is -2.28. The Morgan fingerprint density at radius 3 is 2.16 bits per heavy atom. The third kappa shape index (κ3) is 4.51. The summed E-state index contributed by atoms with van der Waals surface area (Å²) in [4.78, 5) is 37.0. The van der Waals surface area contributed by atoms with E-state index in [0.717, 1.165) is 11.1 Å². The SMILES string of the molecule is NC(=O)Cc1ccc(NC(=O)c2nn(Cc3ccccc3)c(=O)c3ccccc23)cc1. The zero-order valence-corrected chi connectivity index (χ0v) is 16.6. The van der Waals surface area contributed by atoms with Crippen LogP contribution in [0.3, 0.4) is 0 Å². The summed E-state index contributed by atoms with van der Waals surface area (Å²) in [6.45, 7) is 0.257. The number of hydrogen-bond donors (Lipinski definition) is 2. The van der Waals surface area contributed by atoms with E-state index >= 15 is 0 Å². The number of nitrogens with two attached hydrogens (primary N) is 1. The Balaban J connectivity index is 1.69. The summed E-state index contributed by atoms with van der Waals surface area (Å²) < 4.78 is 1.31. The normalized spacial score (nSPS) is 10.7. The van der Waals surface area contributed by atoms with Crippen LogP contribution in [-0.4, -0.2) is 21.6 Å². The number of rotatable bonds is 6. The van der Waals surface area contributed by atoms with Gasteiger partial charge in [-0.25, -0.2) is 4.68 Å². The van der Waals surface area contributed by atoms with Crippen molar-refractivity contribution in [1.29, 1.82) is 0 Å². The van der Waals surface area contributed by atoms with E-state index in [1.807, 2.05) is 30.3 Å². The predicted octanol–water partition coefficient (Wildman–Crippen LogP) is 2.72.